The highest BCUT2D eigenvalue weighted by atomic mass is 16.6. The Balaban J connectivity index is 2.85. The fraction of sp³-hybridized carbons (Fsp3) is 0.455. The minimum atomic E-state index is -0.444. The molecule has 0 bridgehead atoms. The van der Waals surface area contributed by atoms with Crippen molar-refractivity contribution in [1.29, 1.82) is 0 Å². The van der Waals surface area contributed by atoms with Crippen molar-refractivity contribution in [3.8, 4) is 0 Å². The minimum Gasteiger partial charge on any atom is -0.383 e. The van der Waals surface area contributed by atoms with Crippen molar-refractivity contribution in [2.24, 2.45) is 5.73 Å². The molecular weight excluding hydrogens is 224 g/mol. The van der Waals surface area contributed by atoms with Gasteiger partial charge in [0.1, 0.15) is 0 Å². The SMILES string of the molecule is COCC(N)C(OC)c1ccc([N+](=O)[O-])cc1. The average Bonchev–Trinajstić information content (AvgIpc) is 2.31. The van der Waals surface area contributed by atoms with E-state index in [1.165, 1.54) is 12.1 Å². The van der Waals surface area contributed by atoms with Crippen molar-refractivity contribution in [1.82, 2.24) is 0 Å². The highest BCUT2D eigenvalue weighted by Gasteiger charge is 2.20. The molecule has 17 heavy (non-hydrogen) atoms. The molecule has 6 heteroatoms. The second kappa shape index (κ2) is 6.29. The second-order valence-electron chi connectivity index (χ2n) is 3.62. The van der Waals surface area contributed by atoms with E-state index in [9.17, 15) is 10.1 Å². The van der Waals surface area contributed by atoms with Gasteiger partial charge in [-0.2, -0.15) is 0 Å². The summed E-state index contributed by atoms with van der Waals surface area (Å²) in [5.74, 6) is 0. The Morgan fingerprint density at radius 3 is 2.35 bits per heavy atom. The number of hydrogen-bond acceptors (Lipinski definition) is 5. The predicted octanol–water partition coefficient (Wildman–Crippen LogP) is 1.26. The van der Waals surface area contributed by atoms with Gasteiger partial charge < -0.3 is 15.2 Å². The van der Waals surface area contributed by atoms with Crippen LogP contribution in [0.4, 0.5) is 5.69 Å². The Kier molecular flexibility index (Phi) is 5.02. The van der Waals surface area contributed by atoms with E-state index < -0.39 is 4.92 Å². The lowest BCUT2D eigenvalue weighted by molar-refractivity contribution is -0.384. The molecule has 0 saturated heterocycles. The fourth-order valence-electron chi connectivity index (χ4n) is 1.62. The first-order valence-electron chi connectivity index (χ1n) is 5.11. The van der Waals surface area contributed by atoms with Gasteiger partial charge in [-0.25, -0.2) is 0 Å². The molecule has 0 fully saturated rings. The van der Waals surface area contributed by atoms with Crippen molar-refractivity contribution in [2.75, 3.05) is 20.8 Å². The zero-order valence-corrected chi connectivity index (χ0v) is 9.83. The second-order valence-corrected chi connectivity index (χ2v) is 3.62. The number of nitrogens with zero attached hydrogens (tertiary/aromatic N) is 1. The average molecular weight is 240 g/mol. The largest absolute Gasteiger partial charge is 0.383 e. The van der Waals surface area contributed by atoms with E-state index in [0.29, 0.717) is 6.61 Å². The summed E-state index contributed by atoms with van der Waals surface area (Å²) in [7, 11) is 3.10. The number of nitro groups is 1. The number of benzene rings is 1. The molecule has 6 nitrogen and oxygen atoms in total. The molecule has 0 aliphatic carbocycles. The standard InChI is InChI=1S/C11H16N2O4/c1-16-7-10(12)11(17-2)8-3-5-9(6-4-8)13(14)15/h3-6,10-11H,7,12H2,1-2H3. The van der Waals surface area contributed by atoms with Crippen molar-refractivity contribution >= 4 is 5.69 Å². The summed E-state index contributed by atoms with van der Waals surface area (Å²) in [5, 5.41) is 10.5. The van der Waals surface area contributed by atoms with Crippen molar-refractivity contribution < 1.29 is 14.4 Å². The van der Waals surface area contributed by atoms with Crippen LogP contribution in [0.3, 0.4) is 0 Å². The van der Waals surface area contributed by atoms with E-state index in [4.69, 9.17) is 15.2 Å². The molecule has 2 N–H and O–H groups in total. The van der Waals surface area contributed by atoms with E-state index in [1.807, 2.05) is 0 Å². The number of nitrogens with two attached hydrogens (primary N) is 1. The van der Waals surface area contributed by atoms with Crippen molar-refractivity contribution in [3.63, 3.8) is 0 Å². The molecule has 0 amide bonds. The van der Waals surface area contributed by atoms with Gasteiger partial charge in [0.25, 0.3) is 5.69 Å². The van der Waals surface area contributed by atoms with Gasteiger partial charge >= 0.3 is 0 Å². The summed E-state index contributed by atoms with van der Waals surface area (Å²) < 4.78 is 10.2. The lowest BCUT2D eigenvalue weighted by Crippen LogP contribution is -2.33. The Labute approximate surface area is 99.5 Å². The Bertz CT molecular complexity index is 366. The fourth-order valence-corrected chi connectivity index (χ4v) is 1.62. The van der Waals surface area contributed by atoms with Crippen LogP contribution in [0.5, 0.6) is 0 Å². The molecule has 1 aromatic rings. The first kappa shape index (κ1) is 13.6. The minimum absolute atomic E-state index is 0.0453. The number of rotatable bonds is 6. The zero-order chi connectivity index (χ0) is 12.8. The van der Waals surface area contributed by atoms with Gasteiger partial charge in [-0.15, -0.1) is 0 Å². The molecular formula is C11H16N2O4. The normalized spacial score (nSPS) is 14.3. The monoisotopic (exact) mass is 240 g/mol. The maximum absolute atomic E-state index is 10.5. The molecule has 0 aromatic heterocycles. The van der Waals surface area contributed by atoms with E-state index in [1.54, 1.807) is 26.4 Å². The van der Waals surface area contributed by atoms with Crippen LogP contribution in [0.15, 0.2) is 24.3 Å². The number of hydrogen-bond donors (Lipinski definition) is 1. The van der Waals surface area contributed by atoms with Crippen molar-refractivity contribution in [3.05, 3.63) is 39.9 Å². The maximum Gasteiger partial charge on any atom is 0.269 e. The van der Waals surface area contributed by atoms with Gasteiger partial charge in [-0.3, -0.25) is 10.1 Å². The highest BCUT2D eigenvalue weighted by Crippen LogP contribution is 2.22. The van der Waals surface area contributed by atoms with E-state index >= 15 is 0 Å². The van der Waals surface area contributed by atoms with Gasteiger partial charge in [0.2, 0.25) is 0 Å². The Morgan fingerprint density at radius 2 is 1.94 bits per heavy atom. The highest BCUT2D eigenvalue weighted by molar-refractivity contribution is 5.34. The third kappa shape index (κ3) is 3.48. The van der Waals surface area contributed by atoms with E-state index in [2.05, 4.69) is 0 Å². The van der Waals surface area contributed by atoms with Crippen LogP contribution in [0.1, 0.15) is 11.7 Å². The lowest BCUT2D eigenvalue weighted by Gasteiger charge is -2.22. The first-order chi connectivity index (χ1) is 8.10. The third-order valence-corrected chi connectivity index (χ3v) is 2.43. The van der Waals surface area contributed by atoms with E-state index in [0.717, 1.165) is 5.56 Å². The smallest absolute Gasteiger partial charge is 0.269 e. The van der Waals surface area contributed by atoms with Crippen LogP contribution >= 0.6 is 0 Å². The van der Waals surface area contributed by atoms with Crippen LogP contribution in [-0.4, -0.2) is 31.8 Å². The number of methoxy groups -OCH3 is 2. The van der Waals surface area contributed by atoms with Crippen LogP contribution in [-0.2, 0) is 9.47 Å². The van der Waals surface area contributed by atoms with Crippen LogP contribution in [0.2, 0.25) is 0 Å². The summed E-state index contributed by atoms with van der Waals surface area (Å²) >= 11 is 0. The van der Waals surface area contributed by atoms with Crippen LogP contribution in [0, 0.1) is 10.1 Å². The number of non-ortho nitro benzene ring substituents is 1. The molecule has 0 spiro atoms. The van der Waals surface area contributed by atoms with Gasteiger partial charge in [0.05, 0.1) is 23.7 Å². The van der Waals surface area contributed by atoms with Gasteiger partial charge in [0, 0.05) is 26.4 Å². The van der Waals surface area contributed by atoms with Gasteiger partial charge in [-0.05, 0) is 17.7 Å². The van der Waals surface area contributed by atoms with Gasteiger partial charge in [0.15, 0.2) is 0 Å². The summed E-state index contributed by atoms with van der Waals surface area (Å²) in [6.07, 6.45) is -0.337. The molecule has 0 heterocycles. The number of ether oxygens (including phenoxy) is 2. The number of nitro benzene ring substituents is 1. The summed E-state index contributed by atoms with van der Waals surface area (Å²) in [6, 6.07) is 5.83. The van der Waals surface area contributed by atoms with Crippen molar-refractivity contribution in [2.45, 2.75) is 12.1 Å². The molecule has 0 radical (unpaired) electrons. The molecule has 2 unspecified atom stereocenters. The van der Waals surface area contributed by atoms with Gasteiger partial charge in [-0.1, -0.05) is 0 Å². The summed E-state index contributed by atoms with van der Waals surface area (Å²) in [4.78, 5) is 10.1. The quantitative estimate of drug-likeness (QED) is 0.597. The summed E-state index contributed by atoms with van der Waals surface area (Å²) in [5.41, 5.74) is 6.72. The zero-order valence-electron chi connectivity index (χ0n) is 9.83. The molecule has 1 aromatic carbocycles. The van der Waals surface area contributed by atoms with Crippen LogP contribution in [0.25, 0.3) is 0 Å². The molecule has 0 saturated carbocycles. The molecule has 1 rings (SSSR count). The Hall–Kier alpha value is -1.50. The Morgan fingerprint density at radius 1 is 1.35 bits per heavy atom. The third-order valence-electron chi connectivity index (χ3n) is 2.43. The van der Waals surface area contributed by atoms with Crippen LogP contribution < -0.4 is 5.73 Å². The first-order valence-corrected chi connectivity index (χ1v) is 5.11. The van der Waals surface area contributed by atoms with E-state index in [-0.39, 0.29) is 17.8 Å². The predicted molar refractivity (Wildman–Crippen MR) is 62.7 cm³/mol. The molecule has 2 atom stereocenters. The maximum atomic E-state index is 10.5. The molecule has 94 valence electrons. The summed E-state index contributed by atoms with van der Waals surface area (Å²) in [6.45, 7) is 0.357. The molecule has 0 aliphatic rings. The molecule has 0 aliphatic heterocycles. The lowest BCUT2D eigenvalue weighted by atomic mass is 10.0. The topological polar surface area (TPSA) is 87.6 Å².